The van der Waals surface area contributed by atoms with Crippen LogP contribution in [0.2, 0.25) is 5.02 Å². The molecule has 1 N–H and O–H groups in total. The van der Waals surface area contributed by atoms with E-state index >= 15 is 0 Å². The molecule has 1 amide bonds. The Balaban J connectivity index is 0.00000136. The first-order valence-corrected chi connectivity index (χ1v) is 9.61. The molecule has 0 saturated carbocycles. The van der Waals surface area contributed by atoms with Gasteiger partial charge in [0.15, 0.2) is 11.5 Å². The monoisotopic (exact) mass is 412 g/mol. The first-order chi connectivity index (χ1) is 13.4. The number of benzene rings is 1. The highest BCUT2D eigenvalue weighted by molar-refractivity contribution is 6.33. The van der Waals surface area contributed by atoms with Crippen molar-refractivity contribution >= 4 is 23.3 Å². The second-order valence-electron chi connectivity index (χ2n) is 5.88. The van der Waals surface area contributed by atoms with Crippen LogP contribution in [0.5, 0.6) is 11.5 Å². The van der Waals surface area contributed by atoms with Gasteiger partial charge in [0.2, 0.25) is 5.91 Å². The van der Waals surface area contributed by atoms with Crippen molar-refractivity contribution in [3.05, 3.63) is 35.5 Å². The normalized spacial score (nSPS) is 13.5. The van der Waals surface area contributed by atoms with Gasteiger partial charge in [0, 0.05) is 29.8 Å². The number of ether oxygens (including phenoxy) is 2. The van der Waals surface area contributed by atoms with Gasteiger partial charge in [-0.25, -0.2) is 4.98 Å². The number of nitrogens with one attached hydrogen (secondary N) is 1. The maximum absolute atomic E-state index is 13.1. The van der Waals surface area contributed by atoms with E-state index in [4.69, 9.17) is 11.6 Å². The van der Waals surface area contributed by atoms with E-state index in [1.165, 1.54) is 18.3 Å². The summed E-state index contributed by atoms with van der Waals surface area (Å²) in [4.78, 5) is 16.0. The molecule has 0 bridgehead atoms. The van der Waals surface area contributed by atoms with Crippen LogP contribution in [0.25, 0.3) is 11.1 Å². The molecule has 8 heteroatoms. The van der Waals surface area contributed by atoms with E-state index in [1.54, 1.807) is 12.1 Å². The SMILES string of the molecule is CC.CCCCCC(=O)Nc1ccc(-c2cc3c(cc2Cl)OC(F)(F)O3)cn1. The summed E-state index contributed by atoms with van der Waals surface area (Å²) in [5, 5.41) is 2.94. The van der Waals surface area contributed by atoms with E-state index in [2.05, 4.69) is 26.7 Å². The van der Waals surface area contributed by atoms with Crippen molar-refractivity contribution in [3.63, 3.8) is 0 Å². The summed E-state index contributed by atoms with van der Waals surface area (Å²) in [5.41, 5.74) is 1.07. The van der Waals surface area contributed by atoms with E-state index in [0.717, 1.165) is 19.3 Å². The van der Waals surface area contributed by atoms with Crippen LogP contribution >= 0.6 is 11.6 Å². The molecule has 1 aliphatic heterocycles. The van der Waals surface area contributed by atoms with Crippen molar-refractivity contribution in [2.45, 2.75) is 52.7 Å². The van der Waals surface area contributed by atoms with Crippen molar-refractivity contribution in [2.75, 3.05) is 5.32 Å². The third-order valence-electron chi connectivity index (χ3n) is 3.84. The summed E-state index contributed by atoms with van der Waals surface area (Å²) < 4.78 is 35.1. The average Bonchev–Trinajstić information content (AvgIpc) is 2.96. The van der Waals surface area contributed by atoms with Crippen LogP contribution in [0.15, 0.2) is 30.5 Å². The Hall–Kier alpha value is -2.41. The summed E-state index contributed by atoms with van der Waals surface area (Å²) in [6, 6.07) is 5.97. The lowest BCUT2D eigenvalue weighted by Crippen LogP contribution is -2.25. The highest BCUT2D eigenvalue weighted by Gasteiger charge is 2.43. The van der Waals surface area contributed by atoms with E-state index in [9.17, 15) is 13.6 Å². The van der Waals surface area contributed by atoms with Gasteiger partial charge in [0.05, 0.1) is 5.02 Å². The summed E-state index contributed by atoms with van der Waals surface area (Å²) >= 11 is 6.15. The molecule has 3 rings (SSSR count). The molecule has 2 heterocycles. The highest BCUT2D eigenvalue weighted by atomic mass is 35.5. The third-order valence-corrected chi connectivity index (χ3v) is 4.15. The van der Waals surface area contributed by atoms with Crippen LogP contribution in [-0.2, 0) is 4.79 Å². The molecule has 0 fully saturated rings. The van der Waals surface area contributed by atoms with Crippen molar-refractivity contribution in [3.8, 4) is 22.6 Å². The maximum atomic E-state index is 13.1. The number of halogens is 3. The van der Waals surface area contributed by atoms with E-state index in [0.29, 0.717) is 23.4 Å². The van der Waals surface area contributed by atoms with E-state index in [1.807, 2.05) is 13.8 Å². The van der Waals surface area contributed by atoms with E-state index < -0.39 is 6.29 Å². The quantitative estimate of drug-likeness (QED) is 0.568. The molecule has 0 spiro atoms. The fourth-order valence-corrected chi connectivity index (χ4v) is 2.82. The number of rotatable bonds is 6. The Kier molecular flexibility index (Phi) is 7.57. The zero-order chi connectivity index (χ0) is 20.7. The Labute approximate surface area is 168 Å². The molecular formula is C20H23ClF2N2O3. The smallest absolute Gasteiger partial charge is 0.395 e. The highest BCUT2D eigenvalue weighted by Crippen LogP contribution is 2.45. The van der Waals surface area contributed by atoms with Gasteiger partial charge in [-0.3, -0.25) is 4.79 Å². The molecule has 152 valence electrons. The fourth-order valence-electron chi connectivity index (χ4n) is 2.56. The topological polar surface area (TPSA) is 60.5 Å². The molecule has 28 heavy (non-hydrogen) atoms. The number of carbonyl (C=O) groups is 1. The number of nitrogens with zero attached hydrogens (tertiary/aromatic N) is 1. The van der Waals surface area contributed by atoms with Gasteiger partial charge in [-0.1, -0.05) is 45.2 Å². The van der Waals surface area contributed by atoms with Crippen molar-refractivity contribution < 1.29 is 23.0 Å². The minimum Gasteiger partial charge on any atom is -0.395 e. The largest absolute Gasteiger partial charge is 0.586 e. The zero-order valence-electron chi connectivity index (χ0n) is 16.0. The summed E-state index contributed by atoms with van der Waals surface area (Å²) in [5.74, 6) is 0.107. The summed E-state index contributed by atoms with van der Waals surface area (Å²) in [6.45, 7) is 6.07. The molecule has 5 nitrogen and oxygen atoms in total. The van der Waals surface area contributed by atoms with Crippen molar-refractivity contribution in [1.82, 2.24) is 4.98 Å². The van der Waals surface area contributed by atoms with Crippen LogP contribution in [0, 0.1) is 0 Å². The predicted molar refractivity (Wildman–Crippen MR) is 105 cm³/mol. The first-order valence-electron chi connectivity index (χ1n) is 9.23. The van der Waals surface area contributed by atoms with Gasteiger partial charge >= 0.3 is 6.29 Å². The number of pyridine rings is 1. The van der Waals surface area contributed by atoms with Gasteiger partial charge in [-0.2, -0.15) is 0 Å². The molecule has 1 aromatic heterocycles. The molecule has 1 aliphatic rings. The number of fused-ring (bicyclic) bond motifs is 1. The average molecular weight is 413 g/mol. The van der Waals surface area contributed by atoms with Crippen LogP contribution in [0.4, 0.5) is 14.6 Å². The zero-order valence-corrected chi connectivity index (χ0v) is 16.8. The number of anilines is 1. The number of carbonyl (C=O) groups excluding carboxylic acids is 1. The van der Waals surface area contributed by atoms with Gasteiger partial charge in [-0.05, 0) is 24.6 Å². The molecule has 1 aromatic carbocycles. The third kappa shape index (κ3) is 5.55. The number of unbranched alkanes of at least 4 members (excludes halogenated alkanes) is 2. The Morgan fingerprint density at radius 1 is 1.18 bits per heavy atom. The van der Waals surface area contributed by atoms with Gasteiger partial charge < -0.3 is 14.8 Å². The van der Waals surface area contributed by atoms with Gasteiger partial charge in [-0.15, -0.1) is 8.78 Å². The van der Waals surface area contributed by atoms with Crippen molar-refractivity contribution in [1.29, 1.82) is 0 Å². The van der Waals surface area contributed by atoms with Crippen LogP contribution < -0.4 is 14.8 Å². The molecule has 0 aliphatic carbocycles. The molecular weight excluding hydrogens is 390 g/mol. The van der Waals surface area contributed by atoms with Gasteiger partial charge in [0.1, 0.15) is 5.82 Å². The number of alkyl halides is 2. The lowest BCUT2D eigenvalue weighted by Gasteiger charge is -2.08. The molecule has 0 radical (unpaired) electrons. The Bertz CT molecular complexity index is 814. The van der Waals surface area contributed by atoms with Crippen LogP contribution in [0.3, 0.4) is 0 Å². The number of hydrogen-bond acceptors (Lipinski definition) is 4. The Morgan fingerprint density at radius 3 is 2.46 bits per heavy atom. The first kappa shape index (κ1) is 21.9. The summed E-state index contributed by atoms with van der Waals surface area (Å²) in [7, 11) is 0. The lowest BCUT2D eigenvalue weighted by atomic mass is 10.1. The van der Waals surface area contributed by atoms with Crippen LogP contribution in [0.1, 0.15) is 46.5 Å². The molecule has 0 saturated heterocycles. The number of hydrogen-bond donors (Lipinski definition) is 1. The second-order valence-corrected chi connectivity index (χ2v) is 6.29. The predicted octanol–water partition coefficient (Wildman–Crippen LogP) is 6.27. The van der Waals surface area contributed by atoms with Crippen molar-refractivity contribution in [2.24, 2.45) is 0 Å². The van der Waals surface area contributed by atoms with E-state index in [-0.39, 0.29) is 22.4 Å². The summed E-state index contributed by atoms with van der Waals surface area (Å²) in [6.07, 6.45) is 1.12. The molecule has 0 unspecified atom stereocenters. The molecule has 2 aromatic rings. The standard InChI is InChI=1S/C18H17ClF2N2O3.C2H6/c1-2-3-4-5-17(24)23-16-7-6-11(10-22-16)12-8-14-15(9-13(12)19)26-18(20,21)25-14;1-2/h6-10H,2-5H2,1H3,(H,22,23,24);1-2H3. The minimum atomic E-state index is -3.70. The Morgan fingerprint density at radius 2 is 1.86 bits per heavy atom. The minimum absolute atomic E-state index is 0.0947. The number of aromatic nitrogens is 1. The number of amides is 1. The maximum Gasteiger partial charge on any atom is 0.586 e. The fraction of sp³-hybridized carbons (Fsp3) is 0.400. The molecule has 0 atom stereocenters. The lowest BCUT2D eigenvalue weighted by molar-refractivity contribution is -0.286. The second kappa shape index (κ2) is 9.68. The van der Waals surface area contributed by atoms with Crippen LogP contribution in [-0.4, -0.2) is 17.2 Å². The van der Waals surface area contributed by atoms with Gasteiger partial charge in [0.25, 0.3) is 0 Å².